The van der Waals surface area contributed by atoms with Gasteiger partial charge in [-0.3, -0.25) is 9.59 Å². The van der Waals surface area contributed by atoms with Crippen molar-refractivity contribution in [3.63, 3.8) is 0 Å². The van der Waals surface area contributed by atoms with E-state index in [-0.39, 0.29) is 12.2 Å². The molecule has 2 aromatic heterocycles. The Morgan fingerprint density at radius 2 is 1.93 bits per heavy atom. The largest absolute Gasteiger partial charge is 0.494 e. The summed E-state index contributed by atoms with van der Waals surface area (Å²) < 4.78 is 10.7. The number of ketones is 1. The number of hydrogen-bond acceptors (Lipinski definition) is 7. The molecule has 0 bridgehead atoms. The lowest BCUT2D eigenvalue weighted by Gasteiger charge is -2.12. The molecule has 0 spiro atoms. The molecule has 0 fully saturated rings. The Morgan fingerprint density at radius 1 is 1.15 bits per heavy atom. The highest BCUT2D eigenvalue weighted by Crippen LogP contribution is 2.26. The van der Waals surface area contributed by atoms with Gasteiger partial charge in [0, 0.05) is 21.9 Å². The van der Waals surface area contributed by atoms with E-state index >= 15 is 0 Å². The molecule has 0 radical (unpaired) electrons. The predicted molar refractivity (Wildman–Crippen MR) is 107 cm³/mol. The van der Waals surface area contributed by atoms with E-state index in [0.717, 1.165) is 10.6 Å². The van der Waals surface area contributed by atoms with Crippen LogP contribution in [0.5, 0.6) is 5.75 Å². The van der Waals surface area contributed by atoms with Gasteiger partial charge >= 0.3 is 5.97 Å². The number of carbonyl (C=O) groups excluding carboxylic acids is 2. The van der Waals surface area contributed by atoms with E-state index in [4.69, 9.17) is 9.47 Å². The first-order valence-corrected chi connectivity index (χ1v) is 10.3. The molecule has 0 amide bonds. The minimum Gasteiger partial charge on any atom is -0.494 e. The summed E-state index contributed by atoms with van der Waals surface area (Å²) in [5.74, 6) is -0.0174. The van der Waals surface area contributed by atoms with Gasteiger partial charge in [-0.05, 0) is 49.6 Å². The van der Waals surface area contributed by atoms with Crippen LogP contribution in [0.4, 0.5) is 0 Å². The van der Waals surface area contributed by atoms with Crippen molar-refractivity contribution in [1.29, 1.82) is 0 Å². The fraction of sp³-hybridized carbons (Fsp3) is 0.250. The second kappa shape index (κ2) is 8.92. The summed E-state index contributed by atoms with van der Waals surface area (Å²) >= 11 is 3.09. The summed E-state index contributed by atoms with van der Waals surface area (Å²) in [4.78, 5) is 29.1. The van der Waals surface area contributed by atoms with Gasteiger partial charge in [-0.25, -0.2) is 4.98 Å². The molecule has 0 aliphatic carbocycles. The molecule has 3 rings (SSSR count). The Hall–Kier alpha value is -2.51. The SMILES string of the molecule is CCOc1ccc(C(=O)[C@@H](C)OC(=O)Cc2csc(-c3ccsc3)n2)cc1. The van der Waals surface area contributed by atoms with Gasteiger partial charge in [0.15, 0.2) is 6.10 Å². The summed E-state index contributed by atoms with van der Waals surface area (Å²) in [6, 6.07) is 8.79. The summed E-state index contributed by atoms with van der Waals surface area (Å²) in [6.45, 7) is 4.03. The second-order valence-corrected chi connectivity index (χ2v) is 7.42. The van der Waals surface area contributed by atoms with E-state index in [2.05, 4.69) is 4.98 Å². The number of benzene rings is 1. The Balaban J connectivity index is 1.56. The van der Waals surface area contributed by atoms with Gasteiger partial charge in [0.2, 0.25) is 5.78 Å². The number of nitrogens with zero attached hydrogens (tertiary/aromatic N) is 1. The number of hydrogen-bond donors (Lipinski definition) is 0. The van der Waals surface area contributed by atoms with Gasteiger partial charge in [-0.1, -0.05) is 0 Å². The average Bonchev–Trinajstić information content (AvgIpc) is 3.33. The maximum absolute atomic E-state index is 12.4. The van der Waals surface area contributed by atoms with Crippen LogP contribution in [0.3, 0.4) is 0 Å². The van der Waals surface area contributed by atoms with Crippen LogP contribution < -0.4 is 4.74 Å². The highest BCUT2D eigenvalue weighted by atomic mass is 32.1. The molecule has 2 heterocycles. The minimum atomic E-state index is -0.856. The summed E-state index contributed by atoms with van der Waals surface area (Å²) in [5.41, 5.74) is 2.17. The van der Waals surface area contributed by atoms with Gasteiger partial charge < -0.3 is 9.47 Å². The first-order valence-electron chi connectivity index (χ1n) is 8.50. The minimum absolute atomic E-state index is 0.0432. The molecule has 27 heavy (non-hydrogen) atoms. The smallest absolute Gasteiger partial charge is 0.312 e. The number of esters is 1. The summed E-state index contributed by atoms with van der Waals surface area (Å²) in [7, 11) is 0. The van der Waals surface area contributed by atoms with Crippen molar-refractivity contribution in [3.05, 3.63) is 57.7 Å². The van der Waals surface area contributed by atoms with Crippen molar-refractivity contribution in [2.45, 2.75) is 26.4 Å². The highest BCUT2D eigenvalue weighted by Gasteiger charge is 2.20. The molecule has 0 saturated heterocycles. The van der Waals surface area contributed by atoms with Crippen LogP contribution in [-0.4, -0.2) is 29.4 Å². The Bertz CT molecular complexity index is 900. The van der Waals surface area contributed by atoms with Crippen LogP contribution in [0, 0.1) is 0 Å². The first-order chi connectivity index (χ1) is 13.1. The van der Waals surface area contributed by atoms with Gasteiger partial charge in [-0.15, -0.1) is 11.3 Å². The van der Waals surface area contributed by atoms with Crippen molar-refractivity contribution in [3.8, 4) is 16.3 Å². The van der Waals surface area contributed by atoms with Crippen LogP contribution in [-0.2, 0) is 16.0 Å². The van der Waals surface area contributed by atoms with Gasteiger partial charge in [0.1, 0.15) is 10.8 Å². The fourth-order valence-electron chi connectivity index (χ4n) is 2.46. The van der Waals surface area contributed by atoms with Crippen molar-refractivity contribution in [1.82, 2.24) is 4.98 Å². The molecule has 0 N–H and O–H groups in total. The number of thiazole rings is 1. The third kappa shape index (κ3) is 5.02. The molecule has 0 aliphatic heterocycles. The highest BCUT2D eigenvalue weighted by molar-refractivity contribution is 7.14. The standard InChI is InChI=1S/C20H19NO4S2/c1-3-24-17-6-4-14(5-7-17)19(23)13(2)25-18(22)10-16-12-27-20(21-16)15-8-9-26-11-15/h4-9,11-13H,3,10H2,1-2H3/t13-/m1/s1. The molecule has 1 aromatic carbocycles. The molecule has 0 unspecified atom stereocenters. The normalized spacial score (nSPS) is 11.8. The number of aromatic nitrogens is 1. The van der Waals surface area contributed by atoms with E-state index < -0.39 is 12.1 Å². The fourth-order valence-corrected chi connectivity index (χ4v) is 4.00. The zero-order chi connectivity index (χ0) is 19.2. The van der Waals surface area contributed by atoms with Crippen LogP contribution in [0.2, 0.25) is 0 Å². The quantitative estimate of drug-likeness (QED) is 0.407. The van der Waals surface area contributed by atoms with E-state index in [9.17, 15) is 9.59 Å². The zero-order valence-corrected chi connectivity index (χ0v) is 16.6. The molecule has 140 valence electrons. The third-order valence-electron chi connectivity index (χ3n) is 3.77. The van der Waals surface area contributed by atoms with E-state index in [1.165, 1.54) is 11.3 Å². The third-order valence-corrected chi connectivity index (χ3v) is 5.40. The maximum atomic E-state index is 12.4. The van der Waals surface area contributed by atoms with Gasteiger partial charge in [0.05, 0.1) is 18.7 Å². The average molecular weight is 402 g/mol. The predicted octanol–water partition coefficient (Wildman–Crippen LogP) is 4.63. The molecular formula is C20H19NO4S2. The van der Waals surface area contributed by atoms with Crippen LogP contribution in [0.25, 0.3) is 10.6 Å². The molecule has 5 nitrogen and oxygen atoms in total. The molecule has 0 saturated carbocycles. The lowest BCUT2D eigenvalue weighted by atomic mass is 10.1. The number of carbonyl (C=O) groups is 2. The lowest BCUT2D eigenvalue weighted by Crippen LogP contribution is -2.25. The molecular weight excluding hydrogens is 382 g/mol. The zero-order valence-electron chi connectivity index (χ0n) is 15.0. The molecule has 1 atom stereocenters. The van der Waals surface area contributed by atoms with Crippen molar-refractivity contribution in [2.75, 3.05) is 6.61 Å². The maximum Gasteiger partial charge on any atom is 0.312 e. The molecule has 3 aromatic rings. The first kappa shape index (κ1) is 19.3. The van der Waals surface area contributed by atoms with E-state index in [1.54, 1.807) is 42.5 Å². The van der Waals surface area contributed by atoms with Gasteiger partial charge in [-0.2, -0.15) is 11.3 Å². The number of rotatable bonds is 8. The van der Waals surface area contributed by atoms with E-state index in [0.29, 0.717) is 23.6 Å². The van der Waals surface area contributed by atoms with Crippen molar-refractivity contribution < 1.29 is 19.1 Å². The van der Waals surface area contributed by atoms with Crippen LogP contribution in [0.1, 0.15) is 29.9 Å². The second-order valence-electron chi connectivity index (χ2n) is 5.79. The number of ether oxygens (including phenoxy) is 2. The summed E-state index contributed by atoms with van der Waals surface area (Å²) in [5, 5.41) is 6.71. The van der Waals surface area contributed by atoms with Gasteiger partial charge in [0.25, 0.3) is 0 Å². The monoisotopic (exact) mass is 401 g/mol. The summed E-state index contributed by atoms with van der Waals surface area (Å²) in [6.07, 6.45) is -0.813. The van der Waals surface area contributed by atoms with E-state index in [1.807, 2.05) is 29.1 Å². The Kier molecular flexibility index (Phi) is 6.36. The van der Waals surface area contributed by atoms with Crippen LogP contribution in [0.15, 0.2) is 46.5 Å². The number of Topliss-reactive ketones (excluding diaryl/α,β-unsaturated/α-hetero) is 1. The van der Waals surface area contributed by atoms with Crippen molar-refractivity contribution >= 4 is 34.4 Å². The Morgan fingerprint density at radius 3 is 2.59 bits per heavy atom. The topological polar surface area (TPSA) is 65.5 Å². The van der Waals surface area contributed by atoms with Crippen molar-refractivity contribution in [2.24, 2.45) is 0 Å². The lowest BCUT2D eigenvalue weighted by molar-refractivity contribution is -0.145. The number of thiophene rings is 1. The van der Waals surface area contributed by atoms with Crippen LogP contribution >= 0.6 is 22.7 Å². The molecule has 7 heteroatoms. The Labute approximate surface area is 165 Å². The molecule has 0 aliphatic rings.